The maximum atomic E-state index is 13.7. The van der Waals surface area contributed by atoms with Gasteiger partial charge in [-0.3, -0.25) is 0 Å². The van der Waals surface area contributed by atoms with Crippen molar-refractivity contribution in [3.63, 3.8) is 0 Å². The first-order valence-electron chi connectivity index (χ1n) is 6.48. The van der Waals surface area contributed by atoms with Gasteiger partial charge in [0.1, 0.15) is 11.6 Å². The molecule has 2 aromatic rings. The molecule has 0 fully saturated rings. The summed E-state index contributed by atoms with van der Waals surface area (Å²) in [7, 11) is 0. The Hall–Kier alpha value is -1.74. The van der Waals surface area contributed by atoms with Crippen molar-refractivity contribution in [3.05, 3.63) is 70.3 Å². The molecule has 1 nitrogen and oxygen atoms in total. The minimum absolute atomic E-state index is 0.466. The molecule has 19 heavy (non-hydrogen) atoms. The Labute approximate surface area is 111 Å². The molecule has 1 N–H and O–H groups in total. The van der Waals surface area contributed by atoms with E-state index in [1.54, 1.807) is 0 Å². The summed E-state index contributed by atoms with van der Waals surface area (Å²) in [4.78, 5) is 0. The molecule has 0 aromatic heterocycles. The second-order valence-electron chi connectivity index (χ2n) is 4.89. The highest BCUT2D eigenvalue weighted by Crippen LogP contribution is 2.22. The molecular weight excluding hydrogens is 244 g/mol. The Bertz CT molecular complexity index is 608. The predicted molar refractivity (Wildman–Crippen MR) is 71.0 cm³/mol. The first-order valence-corrected chi connectivity index (χ1v) is 6.48. The van der Waals surface area contributed by atoms with Crippen LogP contribution in [0.4, 0.5) is 8.78 Å². The van der Waals surface area contributed by atoms with Gasteiger partial charge in [0.15, 0.2) is 0 Å². The minimum atomic E-state index is -0.527. The van der Waals surface area contributed by atoms with Gasteiger partial charge < -0.3 is 5.32 Å². The fraction of sp³-hybridized carbons (Fsp3) is 0.250. The SMILES string of the molecule is Fc1ccc(Cc2cccc3c2CCNC3)c(F)c1. The average molecular weight is 259 g/mol. The van der Waals surface area contributed by atoms with Crippen molar-refractivity contribution >= 4 is 0 Å². The summed E-state index contributed by atoms with van der Waals surface area (Å²) in [5.74, 6) is -0.993. The fourth-order valence-electron chi connectivity index (χ4n) is 2.65. The van der Waals surface area contributed by atoms with Crippen LogP contribution in [0.1, 0.15) is 22.3 Å². The number of rotatable bonds is 2. The first kappa shape index (κ1) is 12.3. The standard InChI is InChI=1S/C16H15F2N/c17-14-5-4-12(16(18)9-14)8-11-2-1-3-13-10-19-7-6-15(11)13/h1-5,9,19H,6-8,10H2. The van der Waals surface area contributed by atoms with E-state index in [2.05, 4.69) is 11.4 Å². The van der Waals surface area contributed by atoms with Crippen LogP contribution in [0.3, 0.4) is 0 Å². The number of nitrogens with one attached hydrogen (secondary N) is 1. The van der Waals surface area contributed by atoms with E-state index >= 15 is 0 Å². The molecule has 0 unspecified atom stereocenters. The summed E-state index contributed by atoms with van der Waals surface area (Å²) in [5, 5.41) is 3.33. The van der Waals surface area contributed by atoms with Crippen LogP contribution >= 0.6 is 0 Å². The number of fused-ring (bicyclic) bond motifs is 1. The highest BCUT2D eigenvalue weighted by atomic mass is 19.1. The number of hydrogen-bond acceptors (Lipinski definition) is 1. The molecule has 0 atom stereocenters. The van der Waals surface area contributed by atoms with Crippen LogP contribution in [-0.2, 0) is 19.4 Å². The van der Waals surface area contributed by atoms with Gasteiger partial charge in [0.2, 0.25) is 0 Å². The normalized spacial score (nSPS) is 14.2. The van der Waals surface area contributed by atoms with Gasteiger partial charge in [-0.15, -0.1) is 0 Å². The van der Waals surface area contributed by atoms with Crippen molar-refractivity contribution in [2.24, 2.45) is 0 Å². The van der Waals surface area contributed by atoms with Gasteiger partial charge in [0.05, 0.1) is 0 Å². The Balaban J connectivity index is 1.95. The molecule has 1 heterocycles. The first-order chi connectivity index (χ1) is 9.24. The molecule has 0 amide bonds. The molecule has 0 bridgehead atoms. The van der Waals surface area contributed by atoms with E-state index in [9.17, 15) is 8.78 Å². The molecule has 1 aliphatic rings. The van der Waals surface area contributed by atoms with Gasteiger partial charge in [-0.05, 0) is 41.3 Å². The molecular formula is C16H15F2N. The van der Waals surface area contributed by atoms with Crippen molar-refractivity contribution < 1.29 is 8.78 Å². The maximum absolute atomic E-state index is 13.7. The van der Waals surface area contributed by atoms with Crippen molar-refractivity contribution in [3.8, 4) is 0 Å². The van der Waals surface area contributed by atoms with Gasteiger partial charge in [-0.1, -0.05) is 24.3 Å². The van der Waals surface area contributed by atoms with Gasteiger partial charge in [-0.25, -0.2) is 8.78 Å². The second kappa shape index (κ2) is 5.10. The van der Waals surface area contributed by atoms with Gasteiger partial charge >= 0.3 is 0 Å². The second-order valence-corrected chi connectivity index (χ2v) is 4.89. The van der Waals surface area contributed by atoms with Crippen molar-refractivity contribution in [1.29, 1.82) is 0 Å². The van der Waals surface area contributed by atoms with Crippen LogP contribution in [0.5, 0.6) is 0 Å². The van der Waals surface area contributed by atoms with E-state index in [-0.39, 0.29) is 0 Å². The Morgan fingerprint density at radius 3 is 2.79 bits per heavy atom. The third-order valence-corrected chi connectivity index (χ3v) is 3.63. The van der Waals surface area contributed by atoms with E-state index in [1.807, 2.05) is 12.1 Å². The van der Waals surface area contributed by atoms with Gasteiger partial charge in [0, 0.05) is 19.0 Å². The average Bonchev–Trinajstić information content (AvgIpc) is 2.42. The minimum Gasteiger partial charge on any atom is -0.312 e. The highest BCUT2D eigenvalue weighted by Gasteiger charge is 2.14. The summed E-state index contributed by atoms with van der Waals surface area (Å²) in [6, 6.07) is 9.94. The lowest BCUT2D eigenvalue weighted by Gasteiger charge is -2.20. The van der Waals surface area contributed by atoms with E-state index in [1.165, 1.54) is 23.3 Å². The van der Waals surface area contributed by atoms with E-state index in [4.69, 9.17) is 0 Å². The molecule has 98 valence electrons. The Kier molecular flexibility index (Phi) is 3.30. The molecule has 1 aliphatic heterocycles. The molecule has 3 heteroatoms. The van der Waals surface area contributed by atoms with E-state index in [0.717, 1.165) is 31.1 Å². The summed E-state index contributed by atoms with van der Waals surface area (Å²) in [5.41, 5.74) is 4.29. The zero-order valence-electron chi connectivity index (χ0n) is 10.5. The Morgan fingerprint density at radius 1 is 1.05 bits per heavy atom. The van der Waals surface area contributed by atoms with Crippen molar-refractivity contribution in [2.45, 2.75) is 19.4 Å². The van der Waals surface area contributed by atoms with Crippen LogP contribution in [0, 0.1) is 11.6 Å². The van der Waals surface area contributed by atoms with Crippen LogP contribution in [-0.4, -0.2) is 6.54 Å². The van der Waals surface area contributed by atoms with Gasteiger partial charge in [0.25, 0.3) is 0 Å². The number of halogens is 2. The Morgan fingerprint density at radius 2 is 1.95 bits per heavy atom. The zero-order chi connectivity index (χ0) is 13.2. The lowest BCUT2D eigenvalue weighted by atomic mass is 9.92. The van der Waals surface area contributed by atoms with Crippen molar-refractivity contribution in [2.75, 3.05) is 6.54 Å². The highest BCUT2D eigenvalue weighted by molar-refractivity contribution is 5.40. The van der Waals surface area contributed by atoms with Gasteiger partial charge in [-0.2, -0.15) is 0 Å². The topological polar surface area (TPSA) is 12.0 Å². The monoisotopic (exact) mass is 259 g/mol. The van der Waals surface area contributed by atoms with Crippen LogP contribution < -0.4 is 5.32 Å². The summed E-state index contributed by atoms with van der Waals surface area (Å²) in [6.07, 6.45) is 1.49. The molecule has 0 saturated carbocycles. The maximum Gasteiger partial charge on any atom is 0.129 e. The van der Waals surface area contributed by atoms with Crippen LogP contribution in [0.2, 0.25) is 0 Å². The number of hydrogen-bond donors (Lipinski definition) is 1. The third kappa shape index (κ3) is 2.51. The molecule has 2 aromatic carbocycles. The lowest BCUT2D eigenvalue weighted by molar-refractivity contribution is 0.574. The summed E-state index contributed by atoms with van der Waals surface area (Å²) >= 11 is 0. The van der Waals surface area contributed by atoms with E-state index in [0.29, 0.717) is 12.0 Å². The summed E-state index contributed by atoms with van der Waals surface area (Å²) in [6.45, 7) is 1.82. The number of benzene rings is 2. The summed E-state index contributed by atoms with van der Waals surface area (Å²) < 4.78 is 26.6. The van der Waals surface area contributed by atoms with Crippen molar-refractivity contribution in [1.82, 2.24) is 5.32 Å². The molecule has 0 spiro atoms. The smallest absolute Gasteiger partial charge is 0.129 e. The molecule has 0 radical (unpaired) electrons. The third-order valence-electron chi connectivity index (χ3n) is 3.63. The predicted octanol–water partition coefficient (Wildman–Crippen LogP) is 3.20. The quantitative estimate of drug-likeness (QED) is 0.873. The zero-order valence-corrected chi connectivity index (χ0v) is 10.5. The largest absolute Gasteiger partial charge is 0.312 e. The van der Waals surface area contributed by atoms with E-state index < -0.39 is 11.6 Å². The fourth-order valence-corrected chi connectivity index (χ4v) is 2.65. The molecule has 0 aliphatic carbocycles. The van der Waals surface area contributed by atoms with Crippen LogP contribution in [0.25, 0.3) is 0 Å². The van der Waals surface area contributed by atoms with Crippen LogP contribution in [0.15, 0.2) is 36.4 Å². The lowest BCUT2D eigenvalue weighted by Crippen LogP contribution is -2.24. The molecule has 0 saturated heterocycles. The molecule has 3 rings (SSSR count).